The van der Waals surface area contributed by atoms with E-state index in [0.717, 1.165) is 45.0 Å². The number of carbonyl (C=O) groups is 2. The molecule has 4 rings (SSSR count). The van der Waals surface area contributed by atoms with Crippen molar-refractivity contribution in [1.29, 1.82) is 0 Å². The highest BCUT2D eigenvalue weighted by Crippen LogP contribution is 2.21. The van der Waals surface area contributed by atoms with Crippen molar-refractivity contribution in [3.8, 4) is 0 Å². The summed E-state index contributed by atoms with van der Waals surface area (Å²) in [7, 11) is 0. The molecule has 1 aromatic heterocycles. The molecule has 1 aliphatic carbocycles. The zero-order valence-corrected chi connectivity index (χ0v) is 15.7. The summed E-state index contributed by atoms with van der Waals surface area (Å²) >= 11 is 0. The smallest absolute Gasteiger partial charge is 0.279 e. The van der Waals surface area contributed by atoms with Crippen molar-refractivity contribution < 1.29 is 14.5 Å². The number of amides is 2. The van der Waals surface area contributed by atoms with Crippen molar-refractivity contribution in [2.24, 2.45) is 0 Å². The van der Waals surface area contributed by atoms with Gasteiger partial charge in [0.25, 0.3) is 11.8 Å². The first kappa shape index (κ1) is 18.4. The molecule has 1 aliphatic heterocycles. The third-order valence-corrected chi connectivity index (χ3v) is 5.07. The van der Waals surface area contributed by atoms with Gasteiger partial charge in [-0.1, -0.05) is 12.1 Å². The Kier molecular flexibility index (Phi) is 5.48. The minimum absolute atomic E-state index is 0.0777. The Morgan fingerprint density at radius 3 is 2.50 bits per heavy atom. The third kappa shape index (κ3) is 4.64. The molecule has 8 heteroatoms. The van der Waals surface area contributed by atoms with Crippen molar-refractivity contribution in [2.75, 3.05) is 42.9 Å². The lowest BCUT2D eigenvalue weighted by Crippen LogP contribution is -3.15. The molecule has 3 N–H and O–H groups in total. The number of carbonyl (C=O) groups excluding carboxylic acids is 2. The van der Waals surface area contributed by atoms with Crippen LogP contribution in [0.1, 0.15) is 23.2 Å². The number of hydrogen-bond acceptors (Lipinski definition) is 5. The van der Waals surface area contributed by atoms with Crippen LogP contribution in [0.5, 0.6) is 0 Å². The maximum Gasteiger partial charge on any atom is 0.279 e. The third-order valence-electron chi connectivity index (χ3n) is 5.07. The van der Waals surface area contributed by atoms with Gasteiger partial charge >= 0.3 is 0 Å². The number of rotatable bonds is 6. The van der Waals surface area contributed by atoms with Gasteiger partial charge in [-0.2, -0.15) is 0 Å². The van der Waals surface area contributed by atoms with Crippen LogP contribution in [-0.2, 0) is 4.79 Å². The van der Waals surface area contributed by atoms with E-state index in [0.29, 0.717) is 17.8 Å². The zero-order chi connectivity index (χ0) is 19.3. The second kappa shape index (κ2) is 8.35. The molecule has 2 amide bonds. The van der Waals surface area contributed by atoms with Crippen molar-refractivity contribution in [1.82, 2.24) is 15.3 Å². The number of quaternary nitrogens is 1. The molecule has 0 atom stereocenters. The predicted octanol–water partition coefficient (Wildman–Crippen LogP) is -0.288. The second-order valence-electron chi connectivity index (χ2n) is 7.30. The fourth-order valence-corrected chi connectivity index (χ4v) is 3.36. The van der Waals surface area contributed by atoms with Crippen LogP contribution >= 0.6 is 0 Å². The minimum Gasteiger partial charge on any atom is -0.349 e. The highest BCUT2D eigenvalue weighted by atomic mass is 16.2. The molecule has 0 spiro atoms. The van der Waals surface area contributed by atoms with Crippen LogP contribution in [0.25, 0.3) is 0 Å². The van der Waals surface area contributed by atoms with E-state index in [1.54, 1.807) is 30.6 Å². The summed E-state index contributed by atoms with van der Waals surface area (Å²) < 4.78 is 0. The van der Waals surface area contributed by atoms with Gasteiger partial charge in [0.05, 0.1) is 37.4 Å². The van der Waals surface area contributed by atoms with Crippen molar-refractivity contribution in [3.05, 3.63) is 48.3 Å². The Hall–Kier alpha value is -3.00. The zero-order valence-electron chi connectivity index (χ0n) is 15.7. The Bertz CT molecular complexity index is 832. The van der Waals surface area contributed by atoms with Gasteiger partial charge in [0, 0.05) is 18.4 Å². The highest BCUT2D eigenvalue weighted by Gasteiger charge is 2.26. The Balaban J connectivity index is 1.30. The number of para-hydroxylation sites is 1. The van der Waals surface area contributed by atoms with E-state index in [2.05, 4.69) is 25.5 Å². The maximum absolute atomic E-state index is 12.5. The molecular formula is C20H25N6O2+. The second-order valence-corrected chi connectivity index (χ2v) is 7.30. The van der Waals surface area contributed by atoms with Gasteiger partial charge in [0.1, 0.15) is 0 Å². The highest BCUT2D eigenvalue weighted by molar-refractivity contribution is 6.04. The summed E-state index contributed by atoms with van der Waals surface area (Å²) in [6, 6.07) is 9.25. The van der Waals surface area contributed by atoms with E-state index >= 15 is 0 Å². The topological polar surface area (TPSA) is 91.7 Å². The summed E-state index contributed by atoms with van der Waals surface area (Å²) in [6.45, 7) is 3.69. The standard InChI is InChI=1S/C20H24N6O2/c27-18(14-25-10-12-26(13-11-25)20-21-8-3-9-22-20)24-17-5-2-1-4-16(17)19(28)23-15-6-7-15/h1-5,8-9,15H,6-7,10-14H2,(H,23,28)(H,24,27)/p+1. The van der Waals surface area contributed by atoms with Gasteiger partial charge in [-0.25, -0.2) is 9.97 Å². The summed E-state index contributed by atoms with van der Waals surface area (Å²) in [6.07, 6.45) is 5.55. The van der Waals surface area contributed by atoms with E-state index in [9.17, 15) is 9.59 Å². The Labute approximate surface area is 164 Å². The lowest BCUT2D eigenvalue weighted by Gasteiger charge is -2.31. The molecule has 1 saturated carbocycles. The summed E-state index contributed by atoms with van der Waals surface area (Å²) in [5.74, 6) is 0.537. The fraction of sp³-hybridized carbons (Fsp3) is 0.400. The molecule has 8 nitrogen and oxygen atoms in total. The molecule has 1 aromatic carbocycles. The largest absolute Gasteiger partial charge is 0.349 e. The van der Waals surface area contributed by atoms with E-state index in [1.807, 2.05) is 12.1 Å². The minimum atomic E-state index is -0.123. The van der Waals surface area contributed by atoms with Gasteiger partial charge < -0.3 is 20.4 Å². The lowest BCUT2D eigenvalue weighted by atomic mass is 10.1. The van der Waals surface area contributed by atoms with Gasteiger partial charge in [-0.15, -0.1) is 0 Å². The number of anilines is 2. The van der Waals surface area contributed by atoms with Crippen molar-refractivity contribution in [3.63, 3.8) is 0 Å². The molecule has 0 unspecified atom stereocenters. The van der Waals surface area contributed by atoms with Gasteiger partial charge in [0.2, 0.25) is 5.95 Å². The lowest BCUT2D eigenvalue weighted by molar-refractivity contribution is -0.892. The molecule has 2 heterocycles. The molecule has 2 aliphatic rings. The van der Waals surface area contributed by atoms with Crippen LogP contribution in [0, 0.1) is 0 Å². The predicted molar refractivity (Wildman–Crippen MR) is 105 cm³/mol. The molecule has 0 radical (unpaired) electrons. The van der Waals surface area contributed by atoms with Crippen LogP contribution in [0.15, 0.2) is 42.7 Å². The number of nitrogens with zero attached hydrogens (tertiary/aromatic N) is 3. The first-order chi connectivity index (χ1) is 13.7. The molecule has 0 bridgehead atoms. The number of hydrogen-bond donors (Lipinski definition) is 3. The van der Waals surface area contributed by atoms with Crippen LogP contribution in [0.2, 0.25) is 0 Å². The summed E-state index contributed by atoms with van der Waals surface area (Å²) in [5.41, 5.74) is 1.09. The fourth-order valence-electron chi connectivity index (χ4n) is 3.36. The first-order valence-electron chi connectivity index (χ1n) is 9.74. The molecule has 146 valence electrons. The van der Waals surface area contributed by atoms with Gasteiger partial charge in [-0.05, 0) is 31.0 Å². The summed E-state index contributed by atoms with van der Waals surface area (Å²) in [4.78, 5) is 36.8. The Morgan fingerprint density at radius 2 is 1.79 bits per heavy atom. The Morgan fingerprint density at radius 1 is 1.07 bits per heavy atom. The number of piperazine rings is 1. The SMILES string of the molecule is O=C(C[NH+]1CCN(c2ncccn2)CC1)Nc1ccccc1C(=O)NC1CC1. The number of nitrogens with one attached hydrogen (secondary N) is 3. The molecule has 2 aromatic rings. The van der Waals surface area contributed by atoms with E-state index in [1.165, 1.54) is 4.90 Å². The molecule has 1 saturated heterocycles. The first-order valence-corrected chi connectivity index (χ1v) is 9.74. The average molecular weight is 381 g/mol. The normalized spacial score (nSPS) is 17.2. The van der Waals surface area contributed by atoms with Crippen LogP contribution in [0.4, 0.5) is 11.6 Å². The maximum atomic E-state index is 12.5. The van der Waals surface area contributed by atoms with Gasteiger partial charge in [-0.3, -0.25) is 9.59 Å². The van der Waals surface area contributed by atoms with E-state index in [-0.39, 0.29) is 17.9 Å². The summed E-state index contributed by atoms with van der Waals surface area (Å²) in [5, 5.41) is 5.89. The van der Waals surface area contributed by atoms with Crippen LogP contribution < -0.4 is 20.4 Å². The van der Waals surface area contributed by atoms with Gasteiger partial charge in [0.15, 0.2) is 6.54 Å². The molecule has 2 fully saturated rings. The van der Waals surface area contributed by atoms with Crippen molar-refractivity contribution >= 4 is 23.5 Å². The molecule has 28 heavy (non-hydrogen) atoms. The number of benzene rings is 1. The van der Waals surface area contributed by atoms with Crippen LogP contribution in [0.3, 0.4) is 0 Å². The monoisotopic (exact) mass is 381 g/mol. The van der Waals surface area contributed by atoms with Crippen LogP contribution in [-0.4, -0.2) is 60.5 Å². The van der Waals surface area contributed by atoms with Crippen molar-refractivity contribution in [2.45, 2.75) is 18.9 Å². The van der Waals surface area contributed by atoms with E-state index in [4.69, 9.17) is 0 Å². The quantitative estimate of drug-likeness (QED) is 0.640. The average Bonchev–Trinajstić information content (AvgIpc) is 3.53. The molecular weight excluding hydrogens is 356 g/mol. The van der Waals surface area contributed by atoms with E-state index < -0.39 is 0 Å². The number of aromatic nitrogens is 2.